The van der Waals surface area contributed by atoms with E-state index in [2.05, 4.69) is 15.3 Å². The van der Waals surface area contributed by atoms with Crippen LogP contribution in [0.5, 0.6) is 0 Å². The standard InChI is InChI=1S/C9H8N2.C4H8O2/c1-2-6-9-8(4-1)5-3-7-10-11-9;1-3-6-4(2)5/h1-7,11H;3H2,1-2H3. The van der Waals surface area contributed by atoms with Gasteiger partial charge in [0.2, 0.25) is 0 Å². The van der Waals surface area contributed by atoms with Gasteiger partial charge in [-0.15, -0.1) is 0 Å². The Morgan fingerprint density at radius 3 is 2.82 bits per heavy atom. The molecule has 1 heterocycles. The number of hydrogen-bond acceptors (Lipinski definition) is 4. The minimum Gasteiger partial charge on any atom is -0.466 e. The van der Waals surface area contributed by atoms with E-state index in [1.54, 1.807) is 13.1 Å². The number of nitrogens with one attached hydrogen (secondary N) is 1. The Labute approximate surface area is 101 Å². The summed E-state index contributed by atoms with van der Waals surface area (Å²) in [7, 11) is 0. The average molecular weight is 232 g/mol. The molecule has 4 heteroatoms. The zero-order valence-corrected chi connectivity index (χ0v) is 10.0. The highest BCUT2D eigenvalue weighted by atomic mass is 16.5. The Morgan fingerprint density at radius 2 is 2.18 bits per heavy atom. The monoisotopic (exact) mass is 232 g/mol. The molecule has 0 radical (unpaired) electrons. The maximum absolute atomic E-state index is 9.82. The number of para-hydroxylation sites is 1. The second-order valence-electron chi connectivity index (χ2n) is 3.26. The van der Waals surface area contributed by atoms with Crippen LogP contribution in [0.2, 0.25) is 0 Å². The molecule has 0 saturated carbocycles. The Bertz CT molecular complexity index is 425. The predicted octanol–water partition coefficient (Wildman–Crippen LogP) is 2.68. The maximum atomic E-state index is 9.82. The molecule has 1 aromatic rings. The molecule has 1 aromatic carbocycles. The van der Waals surface area contributed by atoms with Crippen LogP contribution in [-0.4, -0.2) is 18.8 Å². The first-order valence-electron chi connectivity index (χ1n) is 5.42. The van der Waals surface area contributed by atoms with Gasteiger partial charge < -0.3 is 4.74 Å². The largest absolute Gasteiger partial charge is 0.466 e. The molecule has 90 valence electrons. The first-order chi connectivity index (χ1) is 8.24. The number of anilines is 1. The summed E-state index contributed by atoms with van der Waals surface area (Å²) < 4.78 is 4.40. The first-order valence-corrected chi connectivity index (χ1v) is 5.42. The number of nitrogens with zero attached hydrogens (tertiary/aromatic N) is 1. The molecule has 0 amide bonds. The van der Waals surface area contributed by atoms with Gasteiger partial charge in [0.05, 0.1) is 12.3 Å². The number of allylic oxidation sites excluding steroid dienone is 1. The maximum Gasteiger partial charge on any atom is 0.302 e. The SMILES string of the molecule is C1=Cc2ccccc2NN=C1.CCOC(C)=O. The van der Waals surface area contributed by atoms with Gasteiger partial charge in [0.1, 0.15) is 0 Å². The fourth-order valence-electron chi connectivity index (χ4n) is 1.24. The minimum atomic E-state index is -0.211. The molecule has 0 aromatic heterocycles. The van der Waals surface area contributed by atoms with E-state index in [0.29, 0.717) is 6.61 Å². The highest BCUT2D eigenvalue weighted by molar-refractivity contribution is 5.83. The lowest BCUT2D eigenvalue weighted by atomic mass is 10.2. The Balaban J connectivity index is 0.000000209. The van der Waals surface area contributed by atoms with Crippen molar-refractivity contribution in [2.75, 3.05) is 12.0 Å². The van der Waals surface area contributed by atoms with E-state index >= 15 is 0 Å². The topological polar surface area (TPSA) is 50.7 Å². The molecule has 1 aliphatic rings. The molecule has 0 fully saturated rings. The molecule has 0 saturated heterocycles. The van der Waals surface area contributed by atoms with Crippen LogP contribution in [0.1, 0.15) is 19.4 Å². The molecule has 2 rings (SSSR count). The van der Waals surface area contributed by atoms with Crippen molar-refractivity contribution < 1.29 is 9.53 Å². The highest BCUT2D eigenvalue weighted by Gasteiger charge is 1.96. The van der Waals surface area contributed by atoms with Crippen LogP contribution in [0, 0.1) is 0 Å². The van der Waals surface area contributed by atoms with E-state index < -0.39 is 0 Å². The number of carbonyl (C=O) groups is 1. The van der Waals surface area contributed by atoms with E-state index in [9.17, 15) is 4.79 Å². The van der Waals surface area contributed by atoms with Crippen molar-refractivity contribution >= 4 is 23.9 Å². The molecular weight excluding hydrogens is 216 g/mol. The van der Waals surface area contributed by atoms with Gasteiger partial charge in [0, 0.05) is 13.1 Å². The number of ether oxygens (including phenoxy) is 1. The number of rotatable bonds is 1. The van der Waals surface area contributed by atoms with Crippen molar-refractivity contribution in [1.82, 2.24) is 0 Å². The van der Waals surface area contributed by atoms with Crippen LogP contribution < -0.4 is 5.43 Å². The molecule has 4 nitrogen and oxygen atoms in total. The Morgan fingerprint density at radius 1 is 1.41 bits per heavy atom. The molecule has 1 aliphatic heterocycles. The molecule has 0 spiro atoms. The van der Waals surface area contributed by atoms with E-state index in [1.807, 2.05) is 36.4 Å². The van der Waals surface area contributed by atoms with Crippen LogP contribution in [0.25, 0.3) is 6.08 Å². The fourth-order valence-corrected chi connectivity index (χ4v) is 1.24. The normalized spacial score (nSPS) is 11.4. The van der Waals surface area contributed by atoms with Crippen LogP contribution in [0.4, 0.5) is 5.69 Å². The summed E-state index contributed by atoms with van der Waals surface area (Å²) in [6, 6.07) is 8.05. The van der Waals surface area contributed by atoms with Gasteiger partial charge in [-0.1, -0.05) is 24.3 Å². The summed E-state index contributed by atoms with van der Waals surface area (Å²) in [6.45, 7) is 3.65. The molecule has 0 bridgehead atoms. The average Bonchev–Trinajstić information content (AvgIpc) is 2.54. The van der Waals surface area contributed by atoms with Crippen LogP contribution >= 0.6 is 0 Å². The fraction of sp³-hybridized carbons (Fsp3) is 0.231. The first kappa shape index (κ1) is 13.0. The number of hydrogen-bond donors (Lipinski definition) is 1. The van der Waals surface area contributed by atoms with Crippen LogP contribution in [0.3, 0.4) is 0 Å². The predicted molar refractivity (Wildman–Crippen MR) is 69.9 cm³/mol. The van der Waals surface area contributed by atoms with Gasteiger partial charge >= 0.3 is 5.97 Å². The summed E-state index contributed by atoms with van der Waals surface area (Å²) in [5, 5.41) is 3.95. The van der Waals surface area contributed by atoms with Crippen LogP contribution in [0.15, 0.2) is 35.4 Å². The highest BCUT2D eigenvalue weighted by Crippen LogP contribution is 2.17. The summed E-state index contributed by atoms with van der Waals surface area (Å²) in [6.07, 6.45) is 5.68. The molecule has 17 heavy (non-hydrogen) atoms. The van der Waals surface area contributed by atoms with Crippen molar-refractivity contribution in [3.63, 3.8) is 0 Å². The number of hydrazone groups is 1. The summed E-state index contributed by atoms with van der Waals surface area (Å²) in [5.74, 6) is -0.211. The number of carbonyl (C=O) groups excluding carboxylic acids is 1. The lowest BCUT2D eigenvalue weighted by Gasteiger charge is -2.00. The smallest absolute Gasteiger partial charge is 0.302 e. The van der Waals surface area contributed by atoms with Crippen molar-refractivity contribution in [2.24, 2.45) is 5.10 Å². The third-order valence-electron chi connectivity index (χ3n) is 1.93. The van der Waals surface area contributed by atoms with Gasteiger partial charge in [0.25, 0.3) is 0 Å². The third kappa shape index (κ3) is 4.97. The van der Waals surface area contributed by atoms with Gasteiger partial charge in [0.15, 0.2) is 0 Å². The van der Waals surface area contributed by atoms with Crippen LogP contribution in [-0.2, 0) is 9.53 Å². The van der Waals surface area contributed by atoms with Crippen molar-refractivity contribution in [2.45, 2.75) is 13.8 Å². The molecular formula is C13H16N2O2. The summed E-state index contributed by atoms with van der Waals surface area (Å²) in [4.78, 5) is 9.82. The Kier molecular flexibility index (Phi) is 5.51. The molecule has 1 N–H and O–H groups in total. The zero-order valence-electron chi connectivity index (χ0n) is 10.0. The van der Waals surface area contributed by atoms with E-state index in [-0.39, 0.29) is 5.97 Å². The summed E-state index contributed by atoms with van der Waals surface area (Å²) in [5.41, 5.74) is 5.16. The second kappa shape index (κ2) is 7.22. The third-order valence-corrected chi connectivity index (χ3v) is 1.93. The summed E-state index contributed by atoms with van der Waals surface area (Å²) >= 11 is 0. The van der Waals surface area contributed by atoms with Gasteiger partial charge in [-0.05, 0) is 24.6 Å². The van der Waals surface area contributed by atoms with Crippen molar-refractivity contribution in [3.05, 3.63) is 35.9 Å². The van der Waals surface area contributed by atoms with E-state index in [1.165, 1.54) is 12.5 Å². The minimum absolute atomic E-state index is 0.211. The lowest BCUT2D eigenvalue weighted by Crippen LogP contribution is -1.95. The second-order valence-corrected chi connectivity index (χ2v) is 3.26. The van der Waals surface area contributed by atoms with Gasteiger partial charge in [-0.3, -0.25) is 10.2 Å². The van der Waals surface area contributed by atoms with E-state index in [0.717, 1.165) is 5.69 Å². The number of fused-ring (bicyclic) bond motifs is 1. The van der Waals surface area contributed by atoms with Gasteiger partial charge in [-0.25, -0.2) is 0 Å². The lowest BCUT2D eigenvalue weighted by molar-refractivity contribution is -0.140. The van der Waals surface area contributed by atoms with Crippen molar-refractivity contribution in [3.8, 4) is 0 Å². The Hall–Kier alpha value is -2.10. The quantitative estimate of drug-likeness (QED) is 0.757. The molecule has 0 unspecified atom stereocenters. The molecule has 0 atom stereocenters. The van der Waals surface area contributed by atoms with E-state index in [4.69, 9.17) is 0 Å². The van der Waals surface area contributed by atoms with Gasteiger partial charge in [-0.2, -0.15) is 5.10 Å². The number of benzene rings is 1. The van der Waals surface area contributed by atoms with Crippen molar-refractivity contribution in [1.29, 1.82) is 0 Å². The number of esters is 1. The molecule has 0 aliphatic carbocycles. The zero-order chi connectivity index (χ0) is 12.5.